The summed E-state index contributed by atoms with van der Waals surface area (Å²) in [4.78, 5) is 9.16. The van der Waals surface area contributed by atoms with Gasteiger partial charge >= 0.3 is 6.01 Å². The summed E-state index contributed by atoms with van der Waals surface area (Å²) in [6.07, 6.45) is 0. The number of benzene rings is 3. The van der Waals surface area contributed by atoms with E-state index in [0.717, 1.165) is 36.8 Å². The zero-order valence-electron chi connectivity index (χ0n) is 16.2. The Kier molecular flexibility index (Phi) is 4.60. The Labute approximate surface area is 174 Å². The largest absolute Gasteiger partial charge is 0.368 e. The lowest BCUT2D eigenvalue weighted by Gasteiger charge is -2.35. The van der Waals surface area contributed by atoms with Gasteiger partial charge in [0, 0.05) is 42.5 Å². The van der Waals surface area contributed by atoms with Crippen LogP contribution in [0.4, 0.5) is 11.7 Å². The van der Waals surface area contributed by atoms with Gasteiger partial charge in [-0.25, -0.2) is 0 Å². The first kappa shape index (κ1) is 18.0. The maximum Gasteiger partial charge on any atom is 0.324 e. The van der Waals surface area contributed by atoms with Crippen molar-refractivity contribution in [3.63, 3.8) is 0 Å². The number of anilines is 2. The molecule has 1 aliphatic heterocycles. The molecule has 2 heterocycles. The van der Waals surface area contributed by atoms with Crippen LogP contribution in [0.2, 0.25) is 5.02 Å². The third-order valence-corrected chi connectivity index (χ3v) is 5.72. The van der Waals surface area contributed by atoms with E-state index in [1.165, 1.54) is 22.0 Å². The molecule has 3 aromatic carbocycles. The fourth-order valence-corrected chi connectivity index (χ4v) is 4.02. The topological polar surface area (TPSA) is 45.4 Å². The second-order valence-electron chi connectivity index (χ2n) is 7.37. The Hall–Kier alpha value is -3.05. The molecule has 0 unspecified atom stereocenters. The minimum Gasteiger partial charge on any atom is -0.368 e. The Morgan fingerprint density at radius 1 is 0.862 bits per heavy atom. The highest BCUT2D eigenvalue weighted by Gasteiger charge is 2.23. The number of fused-ring (bicyclic) bond motifs is 1. The molecule has 1 saturated heterocycles. The summed E-state index contributed by atoms with van der Waals surface area (Å²) in [5.41, 5.74) is 3.39. The third-order valence-electron chi connectivity index (χ3n) is 5.49. The molecule has 0 saturated carbocycles. The minimum absolute atomic E-state index is 0.579. The second-order valence-corrected chi connectivity index (χ2v) is 7.80. The van der Waals surface area contributed by atoms with Crippen LogP contribution in [0.3, 0.4) is 0 Å². The standard InChI is InChI=1S/C23H21ClN4O/c1-16-6-9-20(24)15-21(16)27-10-12-28(13-11-27)23-25-22(26-29-23)19-8-7-17-4-2-3-5-18(17)14-19/h2-9,14-15H,10-13H2,1H3. The Morgan fingerprint density at radius 2 is 1.62 bits per heavy atom. The first-order valence-electron chi connectivity index (χ1n) is 9.76. The van der Waals surface area contributed by atoms with E-state index in [1.54, 1.807) is 0 Å². The maximum atomic E-state index is 6.19. The van der Waals surface area contributed by atoms with E-state index in [-0.39, 0.29) is 0 Å². The molecule has 5 nitrogen and oxygen atoms in total. The molecule has 0 atom stereocenters. The van der Waals surface area contributed by atoms with E-state index in [9.17, 15) is 0 Å². The predicted molar refractivity (Wildman–Crippen MR) is 118 cm³/mol. The smallest absolute Gasteiger partial charge is 0.324 e. The number of nitrogens with zero attached hydrogens (tertiary/aromatic N) is 4. The average Bonchev–Trinajstić information content (AvgIpc) is 3.25. The summed E-state index contributed by atoms with van der Waals surface area (Å²) in [6, 6.07) is 21.1. The molecule has 0 spiro atoms. The van der Waals surface area contributed by atoms with Crippen LogP contribution in [0.1, 0.15) is 5.56 Å². The van der Waals surface area contributed by atoms with Gasteiger partial charge in [-0.05, 0) is 41.5 Å². The molecule has 5 rings (SSSR count). The highest BCUT2D eigenvalue weighted by Crippen LogP contribution is 2.28. The van der Waals surface area contributed by atoms with Crippen molar-refractivity contribution in [1.82, 2.24) is 10.1 Å². The zero-order chi connectivity index (χ0) is 19.8. The van der Waals surface area contributed by atoms with Gasteiger partial charge in [-0.2, -0.15) is 4.98 Å². The molecule has 1 fully saturated rings. The Morgan fingerprint density at radius 3 is 2.45 bits per heavy atom. The highest BCUT2D eigenvalue weighted by atomic mass is 35.5. The SMILES string of the molecule is Cc1ccc(Cl)cc1N1CCN(c2nc(-c3ccc4ccccc4c3)no2)CC1. The van der Waals surface area contributed by atoms with Crippen LogP contribution in [0.25, 0.3) is 22.2 Å². The lowest BCUT2D eigenvalue weighted by molar-refractivity contribution is 0.409. The van der Waals surface area contributed by atoms with Crippen molar-refractivity contribution in [2.24, 2.45) is 0 Å². The molecule has 146 valence electrons. The minimum atomic E-state index is 0.579. The van der Waals surface area contributed by atoms with Crippen molar-refractivity contribution in [3.8, 4) is 11.4 Å². The van der Waals surface area contributed by atoms with E-state index >= 15 is 0 Å². The molecule has 0 amide bonds. The van der Waals surface area contributed by atoms with Crippen LogP contribution < -0.4 is 9.80 Å². The van der Waals surface area contributed by atoms with Crippen LogP contribution in [0.15, 0.2) is 65.2 Å². The van der Waals surface area contributed by atoms with E-state index in [4.69, 9.17) is 16.1 Å². The van der Waals surface area contributed by atoms with Gasteiger partial charge in [0.2, 0.25) is 5.82 Å². The molecular weight excluding hydrogens is 384 g/mol. The predicted octanol–water partition coefficient (Wildman–Crippen LogP) is 5.18. The van der Waals surface area contributed by atoms with Gasteiger partial charge in [0.1, 0.15) is 0 Å². The van der Waals surface area contributed by atoms with E-state index < -0.39 is 0 Å². The number of halogens is 1. The quantitative estimate of drug-likeness (QED) is 0.471. The van der Waals surface area contributed by atoms with Crippen molar-refractivity contribution in [3.05, 3.63) is 71.2 Å². The number of hydrogen-bond donors (Lipinski definition) is 0. The summed E-state index contributed by atoms with van der Waals surface area (Å²) in [7, 11) is 0. The van der Waals surface area contributed by atoms with Crippen molar-refractivity contribution in [1.29, 1.82) is 0 Å². The lowest BCUT2D eigenvalue weighted by Crippen LogP contribution is -2.46. The second kappa shape index (κ2) is 7.41. The van der Waals surface area contributed by atoms with Gasteiger partial charge < -0.3 is 14.3 Å². The lowest BCUT2D eigenvalue weighted by atomic mass is 10.1. The maximum absolute atomic E-state index is 6.19. The van der Waals surface area contributed by atoms with Crippen molar-refractivity contribution >= 4 is 34.1 Å². The van der Waals surface area contributed by atoms with Crippen LogP contribution >= 0.6 is 11.6 Å². The summed E-state index contributed by atoms with van der Waals surface area (Å²) in [6.45, 7) is 5.53. The van der Waals surface area contributed by atoms with Gasteiger partial charge in [-0.1, -0.05) is 59.2 Å². The van der Waals surface area contributed by atoms with Gasteiger partial charge in [-0.3, -0.25) is 0 Å². The number of aromatic nitrogens is 2. The van der Waals surface area contributed by atoms with Crippen LogP contribution in [0.5, 0.6) is 0 Å². The number of rotatable bonds is 3. The van der Waals surface area contributed by atoms with Crippen molar-refractivity contribution in [2.75, 3.05) is 36.0 Å². The molecule has 4 aromatic rings. The molecule has 0 aliphatic carbocycles. The summed E-state index contributed by atoms with van der Waals surface area (Å²) < 4.78 is 5.58. The number of hydrogen-bond acceptors (Lipinski definition) is 5. The molecule has 1 aliphatic rings. The van der Waals surface area contributed by atoms with Gasteiger partial charge in [0.15, 0.2) is 0 Å². The molecule has 0 radical (unpaired) electrons. The molecule has 6 heteroatoms. The van der Waals surface area contributed by atoms with Crippen LogP contribution in [0, 0.1) is 6.92 Å². The first-order valence-corrected chi connectivity index (χ1v) is 10.1. The molecular formula is C23H21ClN4O. The summed E-state index contributed by atoms with van der Waals surface area (Å²) in [5.74, 6) is 0.624. The molecule has 29 heavy (non-hydrogen) atoms. The van der Waals surface area contributed by atoms with Gasteiger partial charge in [0.05, 0.1) is 0 Å². The fourth-order valence-electron chi connectivity index (χ4n) is 3.85. The zero-order valence-corrected chi connectivity index (χ0v) is 16.9. The van der Waals surface area contributed by atoms with Gasteiger partial charge in [-0.15, -0.1) is 0 Å². The van der Waals surface area contributed by atoms with Crippen molar-refractivity contribution < 1.29 is 4.52 Å². The number of piperazine rings is 1. The van der Waals surface area contributed by atoms with E-state index in [2.05, 4.69) is 57.2 Å². The van der Waals surface area contributed by atoms with E-state index in [1.807, 2.05) is 30.3 Å². The first-order chi connectivity index (χ1) is 14.2. The molecule has 0 bridgehead atoms. The van der Waals surface area contributed by atoms with Crippen LogP contribution in [-0.4, -0.2) is 36.3 Å². The highest BCUT2D eigenvalue weighted by molar-refractivity contribution is 6.30. The Bertz CT molecular complexity index is 1160. The molecule has 1 aromatic heterocycles. The Balaban J connectivity index is 1.32. The average molecular weight is 405 g/mol. The van der Waals surface area contributed by atoms with Crippen LogP contribution in [-0.2, 0) is 0 Å². The third kappa shape index (κ3) is 3.54. The fraction of sp³-hybridized carbons (Fsp3) is 0.217. The summed E-state index contributed by atoms with van der Waals surface area (Å²) in [5, 5.41) is 7.35. The van der Waals surface area contributed by atoms with E-state index in [0.29, 0.717) is 11.8 Å². The molecule has 0 N–H and O–H groups in total. The number of aryl methyl sites for hydroxylation is 1. The normalized spacial score (nSPS) is 14.6. The van der Waals surface area contributed by atoms with Crippen molar-refractivity contribution in [2.45, 2.75) is 6.92 Å². The van der Waals surface area contributed by atoms with Gasteiger partial charge in [0.25, 0.3) is 0 Å². The monoisotopic (exact) mass is 404 g/mol. The summed E-state index contributed by atoms with van der Waals surface area (Å²) >= 11 is 6.19.